The van der Waals surface area contributed by atoms with Gasteiger partial charge in [-0.25, -0.2) is 4.98 Å². The minimum absolute atomic E-state index is 0.186. The van der Waals surface area contributed by atoms with E-state index >= 15 is 0 Å². The second-order valence-corrected chi connectivity index (χ2v) is 8.92. The number of hydrogen-bond donors (Lipinski definition) is 2. The lowest BCUT2D eigenvalue weighted by Gasteiger charge is -2.20. The molecule has 126 valence electrons. The van der Waals surface area contributed by atoms with Gasteiger partial charge in [0.2, 0.25) is 5.91 Å². The van der Waals surface area contributed by atoms with Gasteiger partial charge in [0.15, 0.2) is 5.13 Å². The summed E-state index contributed by atoms with van der Waals surface area (Å²) in [5.74, 6) is 1.72. The smallest absolute Gasteiger partial charge is 0.275 e. The van der Waals surface area contributed by atoms with Crippen LogP contribution in [-0.2, 0) is 4.79 Å². The number of thioether (sulfide) groups is 2. The molecule has 5 nitrogen and oxygen atoms in total. The third kappa shape index (κ3) is 4.31. The van der Waals surface area contributed by atoms with Crippen LogP contribution in [0.5, 0.6) is 0 Å². The predicted octanol–water partition coefficient (Wildman–Crippen LogP) is 4.22. The van der Waals surface area contributed by atoms with E-state index in [2.05, 4.69) is 15.6 Å². The summed E-state index contributed by atoms with van der Waals surface area (Å²) >= 11 is 5.04. The summed E-state index contributed by atoms with van der Waals surface area (Å²) in [5, 5.41) is 6.05. The molecule has 0 atom stereocenters. The third-order valence-corrected chi connectivity index (χ3v) is 7.50. The first-order valence-corrected chi connectivity index (χ1v) is 10.4. The molecule has 1 aliphatic rings. The molecular weight excluding hydrogens is 362 g/mol. The highest BCUT2D eigenvalue weighted by molar-refractivity contribution is 8.17. The molecule has 1 aliphatic heterocycles. The quantitative estimate of drug-likeness (QED) is 0.832. The minimum atomic E-state index is -0.240. The third-order valence-electron chi connectivity index (χ3n) is 3.22. The van der Waals surface area contributed by atoms with Gasteiger partial charge in [-0.05, 0) is 30.1 Å². The van der Waals surface area contributed by atoms with Crippen molar-refractivity contribution in [3.63, 3.8) is 0 Å². The van der Waals surface area contributed by atoms with E-state index in [0.29, 0.717) is 10.8 Å². The molecule has 2 N–H and O–H groups in total. The van der Waals surface area contributed by atoms with Crippen LogP contribution in [0.3, 0.4) is 0 Å². The average Bonchev–Trinajstić information content (AvgIpc) is 3.00. The van der Waals surface area contributed by atoms with Crippen LogP contribution in [0.15, 0.2) is 30.3 Å². The highest BCUT2D eigenvalue weighted by Crippen LogP contribution is 2.47. The second kappa shape index (κ2) is 8.04. The van der Waals surface area contributed by atoms with E-state index in [1.807, 2.05) is 53.9 Å². The first-order chi connectivity index (χ1) is 11.6. The summed E-state index contributed by atoms with van der Waals surface area (Å²) in [6, 6.07) is 9.31. The predicted molar refractivity (Wildman–Crippen MR) is 103 cm³/mol. The Labute approximate surface area is 153 Å². The van der Waals surface area contributed by atoms with Crippen LogP contribution in [0.25, 0.3) is 0 Å². The number of thiazole rings is 1. The number of nitrogens with zero attached hydrogens (tertiary/aromatic N) is 1. The maximum atomic E-state index is 12.7. The summed E-state index contributed by atoms with van der Waals surface area (Å²) in [6.45, 7) is 1.44. The van der Waals surface area contributed by atoms with Crippen LogP contribution in [-0.4, -0.2) is 28.3 Å². The molecule has 0 unspecified atom stereocenters. The van der Waals surface area contributed by atoms with Crippen molar-refractivity contribution in [1.29, 1.82) is 0 Å². The Morgan fingerprint density at radius 3 is 2.50 bits per heavy atom. The Morgan fingerprint density at radius 2 is 1.83 bits per heavy atom. The van der Waals surface area contributed by atoms with Gasteiger partial charge in [-0.15, -0.1) is 23.5 Å². The number of benzene rings is 1. The van der Waals surface area contributed by atoms with Crippen LogP contribution in [0.2, 0.25) is 0 Å². The Bertz CT molecular complexity index is 727. The summed E-state index contributed by atoms with van der Waals surface area (Å²) in [7, 11) is 0. The molecule has 2 aromatic rings. The van der Waals surface area contributed by atoms with E-state index in [0.717, 1.165) is 22.1 Å². The lowest BCUT2D eigenvalue weighted by molar-refractivity contribution is -0.114. The van der Waals surface area contributed by atoms with Crippen LogP contribution in [0.1, 0.15) is 33.3 Å². The molecule has 1 saturated heterocycles. The number of carbonyl (C=O) groups is 2. The van der Waals surface area contributed by atoms with Gasteiger partial charge in [0.1, 0.15) is 5.69 Å². The van der Waals surface area contributed by atoms with Crippen molar-refractivity contribution in [3.8, 4) is 0 Å². The Morgan fingerprint density at radius 1 is 1.12 bits per heavy atom. The molecule has 24 heavy (non-hydrogen) atoms. The Balaban J connectivity index is 1.87. The zero-order valence-corrected chi connectivity index (χ0v) is 15.5. The molecule has 0 radical (unpaired) electrons. The molecule has 2 heterocycles. The first-order valence-electron chi connectivity index (χ1n) is 7.51. The second-order valence-electron chi connectivity index (χ2n) is 5.16. The normalized spacial score (nSPS) is 15.0. The maximum absolute atomic E-state index is 12.7. The lowest BCUT2D eigenvalue weighted by Crippen LogP contribution is -2.15. The summed E-state index contributed by atoms with van der Waals surface area (Å²) in [5.41, 5.74) is 1.13. The average molecular weight is 380 g/mol. The van der Waals surface area contributed by atoms with Gasteiger partial charge in [-0.3, -0.25) is 9.59 Å². The first kappa shape index (κ1) is 17.3. The fourth-order valence-electron chi connectivity index (χ4n) is 2.21. The topological polar surface area (TPSA) is 71.1 Å². The van der Waals surface area contributed by atoms with Crippen LogP contribution in [0, 0.1) is 0 Å². The molecule has 0 aliphatic carbocycles. The molecule has 1 fully saturated rings. The number of carbonyl (C=O) groups excluding carboxylic acids is 2. The molecule has 1 aromatic carbocycles. The Kier molecular flexibility index (Phi) is 5.80. The van der Waals surface area contributed by atoms with Crippen molar-refractivity contribution in [2.75, 3.05) is 22.1 Å². The van der Waals surface area contributed by atoms with Gasteiger partial charge in [-0.1, -0.05) is 29.5 Å². The number of anilines is 2. The Hall–Kier alpha value is -1.51. The summed E-state index contributed by atoms with van der Waals surface area (Å²) in [6.07, 6.45) is 1.18. The van der Waals surface area contributed by atoms with Gasteiger partial charge >= 0.3 is 0 Å². The molecular formula is C16H17N3O2S3. The van der Waals surface area contributed by atoms with Crippen molar-refractivity contribution < 1.29 is 9.59 Å². The molecule has 2 amide bonds. The highest BCUT2D eigenvalue weighted by Gasteiger charge is 2.27. The largest absolute Gasteiger partial charge is 0.321 e. The maximum Gasteiger partial charge on any atom is 0.275 e. The van der Waals surface area contributed by atoms with Gasteiger partial charge in [-0.2, -0.15) is 0 Å². The van der Waals surface area contributed by atoms with E-state index in [-0.39, 0.29) is 16.4 Å². The van der Waals surface area contributed by atoms with Crippen molar-refractivity contribution in [2.24, 2.45) is 0 Å². The van der Waals surface area contributed by atoms with E-state index in [4.69, 9.17) is 0 Å². The molecule has 1 aromatic heterocycles. The highest BCUT2D eigenvalue weighted by atomic mass is 32.2. The SMILES string of the molecule is CC(=O)Nc1nc(C(=O)Nc2ccccc2)c(C2SCCCS2)s1. The number of amides is 2. The van der Waals surface area contributed by atoms with Crippen molar-refractivity contribution in [2.45, 2.75) is 17.9 Å². The monoisotopic (exact) mass is 379 g/mol. The van der Waals surface area contributed by atoms with Crippen molar-refractivity contribution in [3.05, 3.63) is 40.9 Å². The molecule has 0 saturated carbocycles. The van der Waals surface area contributed by atoms with Crippen molar-refractivity contribution >= 4 is 57.5 Å². The van der Waals surface area contributed by atoms with E-state index in [1.54, 1.807) is 0 Å². The van der Waals surface area contributed by atoms with E-state index in [1.165, 1.54) is 24.7 Å². The zero-order valence-electron chi connectivity index (χ0n) is 13.1. The van der Waals surface area contributed by atoms with Crippen LogP contribution < -0.4 is 10.6 Å². The molecule has 0 spiro atoms. The number of hydrogen-bond acceptors (Lipinski definition) is 6. The van der Waals surface area contributed by atoms with Gasteiger partial charge in [0, 0.05) is 12.6 Å². The van der Waals surface area contributed by atoms with Gasteiger partial charge in [0.25, 0.3) is 5.91 Å². The molecule has 3 rings (SSSR count). The number of aromatic nitrogens is 1. The summed E-state index contributed by atoms with van der Waals surface area (Å²) < 4.78 is 0.190. The van der Waals surface area contributed by atoms with Crippen LogP contribution in [0.4, 0.5) is 10.8 Å². The fourth-order valence-corrected chi connectivity index (χ4v) is 6.50. The van der Waals surface area contributed by atoms with E-state index < -0.39 is 0 Å². The van der Waals surface area contributed by atoms with E-state index in [9.17, 15) is 9.59 Å². The minimum Gasteiger partial charge on any atom is -0.321 e. The van der Waals surface area contributed by atoms with Crippen molar-refractivity contribution in [1.82, 2.24) is 4.98 Å². The van der Waals surface area contributed by atoms with Gasteiger partial charge < -0.3 is 10.6 Å². The molecule has 8 heteroatoms. The van der Waals surface area contributed by atoms with Crippen LogP contribution >= 0.6 is 34.9 Å². The fraction of sp³-hybridized carbons (Fsp3) is 0.312. The summed E-state index contributed by atoms with van der Waals surface area (Å²) in [4.78, 5) is 29.3. The zero-order chi connectivity index (χ0) is 16.9. The molecule has 0 bridgehead atoms. The standard InChI is InChI=1S/C16H17N3O2S3/c1-10(20)17-16-19-12(13(24-16)15-22-8-5-9-23-15)14(21)18-11-6-3-2-4-7-11/h2-4,6-7,15H,5,8-9H2,1H3,(H,18,21)(H,17,19,20). The number of nitrogens with one attached hydrogen (secondary N) is 2. The number of rotatable bonds is 4. The van der Waals surface area contributed by atoms with Gasteiger partial charge in [0.05, 0.1) is 9.46 Å². The lowest BCUT2D eigenvalue weighted by atomic mass is 10.3. The number of para-hydroxylation sites is 1.